The highest BCUT2D eigenvalue weighted by Gasteiger charge is 2.41. The molecule has 92 valence electrons. The molecule has 3 nitrogen and oxygen atoms in total. The van der Waals surface area contributed by atoms with E-state index < -0.39 is 12.1 Å². The van der Waals surface area contributed by atoms with Crippen molar-refractivity contribution < 1.29 is 13.2 Å². The van der Waals surface area contributed by atoms with Gasteiger partial charge in [-0.1, -0.05) is 0 Å². The van der Waals surface area contributed by atoms with Crippen molar-refractivity contribution >= 4 is 5.96 Å². The average molecular weight is 235 g/mol. The molecule has 2 aliphatic rings. The van der Waals surface area contributed by atoms with Gasteiger partial charge >= 0.3 is 6.18 Å². The van der Waals surface area contributed by atoms with Gasteiger partial charge in [0.1, 0.15) is 0 Å². The molecule has 0 unspecified atom stereocenters. The fourth-order valence-corrected chi connectivity index (χ4v) is 1.91. The predicted octanol–water partition coefficient (Wildman–Crippen LogP) is 1.74. The van der Waals surface area contributed by atoms with E-state index in [-0.39, 0.29) is 12.8 Å². The molecule has 1 heterocycles. The van der Waals surface area contributed by atoms with Gasteiger partial charge in [0.25, 0.3) is 0 Å². The number of hydrogen-bond acceptors (Lipinski definition) is 1. The van der Waals surface area contributed by atoms with Gasteiger partial charge in [-0.05, 0) is 25.7 Å². The van der Waals surface area contributed by atoms with Crippen LogP contribution >= 0.6 is 0 Å². The Kier molecular flexibility index (Phi) is 2.99. The summed E-state index contributed by atoms with van der Waals surface area (Å²) < 4.78 is 37.2. The zero-order chi connectivity index (χ0) is 11.8. The Morgan fingerprint density at radius 2 is 1.69 bits per heavy atom. The molecule has 1 saturated heterocycles. The quantitative estimate of drug-likeness (QED) is 0.555. The maximum atomic E-state index is 12.4. The zero-order valence-electron chi connectivity index (χ0n) is 9.00. The summed E-state index contributed by atoms with van der Waals surface area (Å²) in [4.78, 5) is 6.00. The van der Waals surface area contributed by atoms with Crippen molar-refractivity contribution in [2.75, 3.05) is 13.1 Å². The number of halogens is 3. The second-order valence-corrected chi connectivity index (χ2v) is 4.52. The van der Waals surface area contributed by atoms with Crippen LogP contribution in [0.2, 0.25) is 0 Å². The minimum Gasteiger partial charge on any atom is -0.370 e. The lowest BCUT2D eigenvalue weighted by molar-refractivity contribution is -0.183. The number of alkyl halides is 3. The van der Waals surface area contributed by atoms with E-state index >= 15 is 0 Å². The molecule has 2 N–H and O–H groups in total. The summed E-state index contributed by atoms with van der Waals surface area (Å²) in [6, 6.07) is 0.320. The molecular formula is C10H16F3N3. The van der Waals surface area contributed by atoms with E-state index in [1.165, 1.54) is 0 Å². The molecule has 6 heteroatoms. The third-order valence-corrected chi connectivity index (χ3v) is 3.14. The third-order valence-electron chi connectivity index (χ3n) is 3.14. The number of rotatable bonds is 1. The van der Waals surface area contributed by atoms with Crippen LogP contribution in [-0.2, 0) is 0 Å². The van der Waals surface area contributed by atoms with E-state index in [2.05, 4.69) is 4.99 Å². The molecule has 16 heavy (non-hydrogen) atoms. The Hall–Kier alpha value is -0.940. The van der Waals surface area contributed by atoms with Gasteiger partial charge in [0.05, 0.1) is 12.0 Å². The van der Waals surface area contributed by atoms with Gasteiger partial charge in [-0.25, -0.2) is 4.99 Å². The molecule has 0 bridgehead atoms. The summed E-state index contributed by atoms with van der Waals surface area (Å²) in [5.74, 6) is -0.749. The first-order valence-electron chi connectivity index (χ1n) is 5.62. The van der Waals surface area contributed by atoms with Crippen LogP contribution in [0.5, 0.6) is 0 Å². The maximum absolute atomic E-state index is 12.4. The molecule has 2 rings (SSSR count). The second kappa shape index (κ2) is 4.14. The summed E-state index contributed by atoms with van der Waals surface area (Å²) in [6.45, 7) is 0.735. The van der Waals surface area contributed by atoms with Crippen LogP contribution in [0.3, 0.4) is 0 Å². The molecule has 0 amide bonds. The van der Waals surface area contributed by atoms with E-state index in [4.69, 9.17) is 5.73 Å². The summed E-state index contributed by atoms with van der Waals surface area (Å²) in [6.07, 6.45) is -1.69. The molecule has 0 aromatic heterocycles. The van der Waals surface area contributed by atoms with E-state index in [0.717, 1.165) is 12.8 Å². The van der Waals surface area contributed by atoms with Crippen molar-refractivity contribution in [2.24, 2.45) is 16.6 Å². The normalized spacial score (nSPS) is 24.9. The first kappa shape index (κ1) is 11.5. The molecule has 0 aromatic carbocycles. The van der Waals surface area contributed by atoms with E-state index in [1.807, 2.05) is 0 Å². The molecule has 0 aromatic rings. The van der Waals surface area contributed by atoms with Crippen LogP contribution in [0.1, 0.15) is 25.7 Å². The first-order valence-corrected chi connectivity index (χ1v) is 5.62. The highest BCUT2D eigenvalue weighted by molar-refractivity contribution is 5.78. The minimum absolute atomic E-state index is 0.129. The van der Waals surface area contributed by atoms with Crippen LogP contribution in [0, 0.1) is 5.92 Å². The van der Waals surface area contributed by atoms with Gasteiger partial charge in [0.15, 0.2) is 5.96 Å². The zero-order valence-corrected chi connectivity index (χ0v) is 9.00. The first-order chi connectivity index (χ1) is 7.47. The lowest BCUT2D eigenvalue weighted by Crippen LogP contribution is -2.45. The van der Waals surface area contributed by atoms with Crippen LogP contribution in [0.4, 0.5) is 13.2 Å². The van der Waals surface area contributed by atoms with Crippen LogP contribution in [0.25, 0.3) is 0 Å². The third kappa shape index (κ3) is 2.80. The van der Waals surface area contributed by atoms with Gasteiger partial charge < -0.3 is 10.6 Å². The fourth-order valence-electron chi connectivity index (χ4n) is 1.91. The average Bonchev–Trinajstić information content (AvgIpc) is 3.00. The topological polar surface area (TPSA) is 41.6 Å². The Bertz CT molecular complexity index is 276. The number of nitrogens with zero attached hydrogens (tertiary/aromatic N) is 2. The minimum atomic E-state index is -4.06. The molecule has 1 saturated carbocycles. The second-order valence-electron chi connectivity index (χ2n) is 4.52. The summed E-state index contributed by atoms with van der Waals surface area (Å²) >= 11 is 0. The number of likely N-dealkylation sites (tertiary alicyclic amines) is 1. The number of nitrogens with two attached hydrogens (primary N) is 1. The number of hydrogen-bond donors (Lipinski definition) is 1. The summed E-state index contributed by atoms with van der Waals surface area (Å²) in [5, 5.41) is 0. The van der Waals surface area contributed by atoms with Crippen molar-refractivity contribution in [2.45, 2.75) is 37.9 Å². The lowest BCUT2D eigenvalue weighted by atomic mass is 9.96. The predicted molar refractivity (Wildman–Crippen MR) is 55.0 cm³/mol. The number of guanidine groups is 1. The van der Waals surface area contributed by atoms with Gasteiger partial charge in [-0.3, -0.25) is 0 Å². The molecule has 0 spiro atoms. The standard InChI is InChI=1S/C10H16F3N3/c11-10(12,13)7-3-5-16(6-4-7)9(14)15-8-1-2-8/h7-8H,1-6H2,(H2,14,15). The Balaban J connectivity index is 1.84. The maximum Gasteiger partial charge on any atom is 0.391 e. The van der Waals surface area contributed by atoms with Gasteiger partial charge in [-0.15, -0.1) is 0 Å². The van der Waals surface area contributed by atoms with E-state index in [1.54, 1.807) is 4.90 Å². The highest BCUT2D eigenvalue weighted by Crippen LogP contribution is 2.34. The molecule has 2 fully saturated rings. The summed E-state index contributed by atoms with van der Waals surface area (Å²) in [5.41, 5.74) is 5.74. The van der Waals surface area contributed by atoms with Crippen LogP contribution in [-0.4, -0.2) is 36.2 Å². The van der Waals surface area contributed by atoms with Crippen LogP contribution in [0.15, 0.2) is 4.99 Å². The van der Waals surface area contributed by atoms with Crippen LogP contribution < -0.4 is 5.73 Å². The van der Waals surface area contributed by atoms with Gasteiger partial charge in [0.2, 0.25) is 0 Å². The lowest BCUT2D eigenvalue weighted by Gasteiger charge is -2.33. The fraction of sp³-hybridized carbons (Fsp3) is 0.900. The molecular weight excluding hydrogens is 219 g/mol. The smallest absolute Gasteiger partial charge is 0.370 e. The molecule has 1 aliphatic carbocycles. The van der Waals surface area contributed by atoms with Crippen molar-refractivity contribution in [3.63, 3.8) is 0 Å². The van der Waals surface area contributed by atoms with Gasteiger partial charge in [0, 0.05) is 13.1 Å². The largest absolute Gasteiger partial charge is 0.391 e. The SMILES string of the molecule is NC(=NC1CC1)N1CCC(C(F)(F)F)CC1. The monoisotopic (exact) mass is 235 g/mol. The highest BCUT2D eigenvalue weighted by atomic mass is 19.4. The van der Waals surface area contributed by atoms with E-state index in [0.29, 0.717) is 25.1 Å². The van der Waals surface area contributed by atoms with Crippen molar-refractivity contribution in [3.8, 4) is 0 Å². The molecule has 0 atom stereocenters. The van der Waals surface area contributed by atoms with Crippen molar-refractivity contribution in [1.29, 1.82) is 0 Å². The Labute approximate surface area is 92.5 Å². The van der Waals surface area contributed by atoms with Crippen molar-refractivity contribution in [1.82, 2.24) is 4.90 Å². The number of piperidine rings is 1. The number of aliphatic imine (C=N–C) groups is 1. The Morgan fingerprint density at radius 1 is 1.12 bits per heavy atom. The molecule has 0 radical (unpaired) electrons. The van der Waals surface area contributed by atoms with Gasteiger partial charge in [-0.2, -0.15) is 13.2 Å². The molecule has 1 aliphatic heterocycles. The van der Waals surface area contributed by atoms with E-state index in [9.17, 15) is 13.2 Å². The summed E-state index contributed by atoms with van der Waals surface area (Å²) in [7, 11) is 0. The van der Waals surface area contributed by atoms with Crippen molar-refractivity contribution in [3.05, 3.63) is 0 Å². The Morgan fingerprint density at radius 3 is 2.12 bits per heavy atom.